The maximum atomic E-state index is 4.87. The summed E-state index contributed by atoms with van der Waals surface area (Å²) in [7, 11) is 2.80. The van der Waals surface area contributed by atoms with E-state index in [1.165, 1.54) is 27.6 Å². The minimum absolute atomic E-state index is 0.180. The molecule has 0 spiro atoms. The van der Waals surface area contributed by atoms with Crippen molar-refractivity contribution in [1.82, 2.24) is 0 Å². The van der Waals surface area contributed by atoms with Gasteiger partial charge in [0.25, 0.3) is 0 Å². The van der Waals surface area contributed by atoms with Crippen LogP contribution in [0.4, 0.5) is 0 Å². The molecule has 1 nitrogen and oxygen atoms in total. The van der Waals surface area contributed by atoms with Crippen molar-refractivity contribution in [3.63, 3.8) is 0 Å². The summed E-state index contributed by atoms with van der Waals surface area (Å²) in [6, 6.07) is 15.1. The summed E-state index contributed by atoms with van der Waals surface area (Å²) in [5, 5.41) is 1.21. The highest BCUT2D eigenvalue weighted by atomic mass is 31.0. The van der Waals surface area contributed by atoms with E-state index in [-0.39, 0.29) is 6.04 Å². The van der Waals surface area contributed by atoms with Gasteiger partial charge < -0.3 is 0 Å². The largest absolute Gasteiger partial charge is 0.282 e. The molecule has 104 valence electrons. The Balaban J connectivity index is 2.32. The van der Waals surface area contributed by atoms with Gasteiger partial charge in [0.1, 0.15) is 0 Å². The van der Waals surface area contributed by atoms with Gasteiger partial charge in [-0.15, -0.1) is 9.24 Å². The van der Waals surface area contributed by atoms with Crippen molar-refractivity contribution < 1.29 is 0 Å². The highest BCUT2D eigenvalue weighted by Crippen LogP contribution is 2.19. The number of aliphatic imine (C=N–C) groups is 1. The molecule has 0 amide bonds. The van der Waals surface area contributed by atoms with Crippen LogP contribution in [-0.2, 0) is 0 Å². The molecule has 2 aromatic carbocycles. The summed E-state index contributed by atoms with van der Waals surface area (Å²) in [4.78, 5) is 4.87. The van der Waals surface area contributed by atoms with Gasteiger partial charge in [-0.3, -0.25) is 4.99 Å². The molecule has 0 bridgehead atoms. The predicted octanol–water partition coefficient (Wildman–Crippen LogP) is 4.37. The molecule has 0 aliphatic rings. The minimum atomic E-state index is 0.180. The fourth-order valence-corrected chi connectivity index (χ4v) is 3.01. The van der Waals surface area contributed by atoms with Crippen molar-refractivity contribution in [2.45, 2.75) is 33.7 Å². The summed E-state index contributed by atoms with van der Waals surface area (Å²) in [6.07, 6.45) is 0. The van der Waals surface area contributed by atoms with E-state index in [2.05, 4.69) is 79.4 Å². The van der Waals surface area contributed by atoms with Crippen molar-refractivity contribution in [2.75, 3.05) is 0 Å². The standard InChI is InChI=1S/C18H22NP/c1-12-8-10-16(11-9-12)14(3)19-15(4)18-13(2)6-5-7-17(18)20/h5-11,14H,20H2,1-4H3. The smallest absolute Gasteiger partial charge is 0.0724 e. The average molecular weight is 283 g/mol. The molecule has 2 atom stereocenters. The maximum absolute atomic E-state index is 4.87. The molecular weight excluding hydrogens is 261 g/mol. The summed E-state index contributed by atoms with van der Waals surface area (Å²) < 4.78 is 0. The highest BCUT2D eigenvalue weighted by molar-refractivity contribution is 7.27. The molecule has 0 aliphatic heterocycles. The second-order valence-corrected chi connectivity index (χ2v) is 5.96. The summed E-state index contributed by atoms with van der Waals surface area (Å²) in [5.41, 5.74) is 6.16. The molecular formula is C18H22NP. The van der Waals surface area contributed by atoms with Crippen LogP contribution in [0.25, 0.3) is 0 Å². The van der Waals surface area contributed by atoms with Crippen molar-refractivity contribution in [3.8, 4) is 0 Å². The van der Waals surface area contributed by atoms with E-state index in [1.807, 2.05) is 0 Å². The maximum Gasteiger partial charge on any atom is 0.0724 e. The lowest BCUT2D eigenvalue weighted by Crippen LogP contribution is -2.11. The van der Waals surface area contributed by atoms with Crippen LogP contribution in [0, 0.1) is 13.8 Å². The van der Waals surface area contributed by atoms with Gasteiger partial charge in [-0.1, -0.05) is 48.0 Å². The van der Waals surface area contributed by atoms with Crippen LogP contribution in [-0.4, -0.2) is 5.71 Å². The van der Waals surface area contributed by atoms with Gasteiger partial charge in [-0.25, -0.2) is 0 Å². The van der Waals surface area contributed by atoms with Gasteiger partial charge in [-0.05, 0) is 44.1 Å². The van der Waals surface area contributed by atoms with Gasteiger partial charge in [0.05, 0.1) is 6.04 Å². The molecule has 2 rings (SSSR count). The molecule has 0 N–H and O–H groups in total. The number of hydrogen-bond acceptors (Lipinski definition) is 1. The third kappa shape index (κ3) is 3.35. The molecule has 20 heavy (non-hydrogen) atoms. The zero-order valence-electron chi connectivity index (χ0n) is 12.6. The van der Waals surface area contributed by atoms with E-state index >= 15 is 0 Å². The van der Waals surface area contributed by atoms with Crippen LogP contribution in [0.3, 0.4) is 0 Å². The molecule has 2 aromatic rings. The van der Waals surface area contributed by atoms with E-state index < -0.39 is 0 Å². The fourth-order valence-electron chi connectivity index (χ4n) is 2.46. The Kier molecular flexibility index (Phi) is 4.73. The second-order valence-electron chi connectivity index (χ2n) is 5.34. The van der Waals surface area contributed by atoms with Crippen molar-refractivity contribution in [3.05, 3.63) is 64.7 Å². The van der Waals surface area contributed by atoms with E-state index in [0.29, 0.717) is 0 Å². The molecule has 0 heterocycles. The first-order valence-corrected chi connectivity index (χ1v) is 7.53. The molecule has 0 aliphatic carbocycles. The van der Waals surface area contributed by atoms with E-state index in [0.717, 1.165) is 5.71 Å². The van der Waals surface area contributed by atoms with Crippen LogP contribution in [0.2, 0.25) is 0 Å². The van der Waals surface area contributed by atoms with Crippen LogP contribution in [0.5, 0.6) is 0 Å². The summed E-state index contributed by atoms with van der Waals surface area (Å²) >= 11 is 0. The summed E-state index contributed by atoms with van der Waals surface area (Å²) in [5.74, 6) is 0. The molecule has 0 saturated heterocycles. The van der Waals surface area contributed by atoms with Gasteiger partial charge in [-0.2, -0.15) is 0 Å². The first kappa shape index (κ1) is 14.9. The lowest BCUT2D eigenvalue weighted by molar-refractivity contribution is 0.819. The average Bonchev–Trinajstić information content (AvgIpc) is 2.39. The molecule has 0 aromatic heterocycles. The lowest BCUT2D eigenvalue weighted by Gasteiger charge is -2.13. The topological polar surface area (TPSA) is 12.4 Å². The number of nitrogens with zero attached hydrogens (tertiary/aromatic N) is 1. The zero-order valence-corrected chi connectivity index (χ0v) is 13.8. The number of hydrogen-bond donors (Lipinski definition) is 0. The third-order valence-electron chi connectivity index (χ3n) is 3.61. The third-order valence-corrected chi connectivity index (χ3v) is 4.10. The number of benzene rings is 2. The van der Waals surface area contributed by atoms with Crippen molar-refractivity contribution >= 4 is 20.3 Å². The first-order valence-electron chi connectivity index (χ1n) is 6.95. The Bertz CT molecular complexity index is 606. The van der Waals surface area contributed by atoms with Gasteiger partial charge in [0, 0.05) is 11.3 Å². The van der Waals surface area contributed by atoms with Crippen LogP contribution in [0.15, 0.2) is 47.5 Å². The lowest BCUT2D eigenvalue weighted by atomic mass is 10.0. The Labute approximate surface area is 124 Å². The summed E-state index contributed by atoms with van der Waals surface area (Å²) in [6.45, 7) is 8.49. The SMILES string of the molecule is CC(=NC(C)c1ccc(C)cc1)c1c(C)cccc1P. The predicted molar refractivity (Wildman–Crippen MR) is 92.3 cm³/mol. The highest BCUT2D eigenvalue weighted by Gasteiger charge is 2.08. The van der Waals surface area contributed by atoms with Gasteiger partial charge in [0.2, 0.25) is 0 Å². The monoisotopic (exact) mass is 283 g/mol. The normalized spacial score (nSPS) is 13.3. The Morgan fingerprint density at radius 1 is 1.05 bits per heavy atom. The molecule has 0 fully saturated rings. The number of rotatable bonds is 3. The number of aryl methyl sites for hydroxylation is 2. The van der Waals surface area contributed by atoms with Crippen LogP contribution < -0.4 is 5.30 Å². The van der Waals surface area contributed by atoms with Crippen molar-refractivity contribution in [2.24, 2.45) is 4.99 Å². The fraction of sp³-hybridized carbons (Fsp3) is 0.278. The molecule has 0 saturated carbocycles. The second kappa shape index (κ2) is 6.33. The molecule has 2 heteroatoms. The Morgan fingerprint density at radius 3 is 2.30 bits per heavy atom. The van der Waals surface area contributed by atoms with Crippen molar-refractivity contribution in [1.29, 1.82) is 0 Å². The Hall–Kier alpha value is -1.46. The van der Waals surface area contributed by atoms with Gasteiger partial charge >= 0.3 is 0 Å². The van der Waals surface area contributed by atoms with E-state index in [4.69, 9.17) is 4.99 Å². The van der Waals surface area contributed by atoms with E-state index in [9.17, 15) is 0 Å². The van der Waals surface area contributed by atoms with Crippen LogP contribution >= 0.6 is 9.24 Å². The quantitative estimate of drug-likeness (QED) is 0.586. The van der Waals surface area contributed by atoms with Gasteiger partial charge in [0.15, 0.2) is 0 Å². The minimum Gasteiger partial charge on any atom is -0.282 e. The zero-order chi connectivity index (χ0) is 14.7. The van der Waals surface area contributed by atoms with E-state index in [1.54, 1.807) is 0 Å². The first-order chi connectivity index (χ1) is 9.49. The Morgan fingerprint density at radius 2 is 1.70 bits per heavy atom. The molecule has 0 radical (unpaired) electrons. The van der Waals surface area contributed by atoms with Crippen LogP contribution in [0.1, 0.15) is 42.1 Å². The molecule has 2 unspecified atom stereocenters.